The predicted octanol–water partition coefficient (Wildman–Crippen LogP) is 1.06. The number of ether oxygens (including phenoxy) is 1. The third kappa shape index (κ3) is 4.28. The lowest BCUT2D eigenvalue weighted by atomic mass is 10.1. The van der Waals surface area contributed by atoms with Gasteiger partial charge in [-0.3, -0.25) is 14.4 Å². The van der Waals surface area contributed by atoms with E-state index in [1.54, 1.807) is 11.0 Å². The summed E-state index contributed by atoms with van der Waals surface area (Å²) in [6, 6.07) is 5.85. The molecule has 0 aliphatic carbocycles. The van der Waals surface area contributed by atoms with Crippen molar-refractivity contribution in [3.8, 4) is 0 Å². The number of rotatable bonds is 4. The summed E-state index contributed by atoms with van der Waals surface area (Å²) in [4.78, 5) is 38.4. The van der Waals surface area contributed by atoms with Crippen molar-refractivity contribution in [2.24, 2.45) is 0 Å². The van der Waals surface area contributed by atoms with Gasteiger partial charge in [0.25, 0.3) is 5.91 Å². The van der Waals surface area contributed by atoms with Crippen LogP contribution in [0.2, 0.25) is 0 Å². The molecule has 6 nitrogen and oxygen atoms in total. The van der Waals surface area contributed by atoms with Crippen molar-refractivity contribution < 1.29 is 23.5 Å². The van der Waals surface area contributed by atoms with Crippen molar-refractivity contribution in [1.82, 2.24) is 9.80 Å². The number of carbonyl (C=O) groups excluding carboxylic acids is 3. The van der Waals surface area contributed by atoms with E-state index in [0.717, 1.165) is 0 Å². The van der Waals surface area contributed by atoms with Crippen molar-refractivity contribution >= 4 is 17.8 Å². The van der Waals surface area contributed by atoms with Gasteiger partial charge in [-0.25, -0.2) is 4.39 Å². The summed E-state index contributed by atoms with van der Waals surface area (Å²) in [6.45, 7) is 1.44. The number of carbonyl (C=O) groups is 3. The summed E-state index contributed by atoms with van der Waals surface area (Å²) in [5.74, 6) is -1.49. The van der Waals surface area contributed by atoms with Crippen LogP contribution in [0, 0.1) is 5.82 Å². The molecule has 1 saturated heterocycles. The molecular weight excluding hydrogens is 303 g/mol. The van der Waals surface area contributed by atoms with Crippen LogP contribution in [0.1, 0.15) is 23.2 Å². The van der Waals surface area contributed by atoms with Gasteiger partial charge in [-0.2, -0.15) is 0 Å². The minimum atomic E-state index is -0.547. The van der Waals surface area contributed by atoms with Gasteiger partial charge in [0.05, 0.1) is 19.1 Å². The zero-order chi connectivity index (χ0) is 16.8. The molecule has 1 aliphatic rings. The molecule has 0 aromatic heterocycles. The molecule has 0 saturated carbocycles. The maximum absolute atomic E-state index is 13.7. The summed E-state index contributed by atoms with van der Waals surface area (Å²) in [5.41, 5.74) is 0.0398. The van der Waals surface area contributed by atoms with Crippen LogP contribution < -0.4 is 0 Å². The molecule has 1 fully saturated rings. The van der Waals surface area contributed by atoms with Gasteiger partial charge in [0.1, 0.15) is 5.82 Å². The maximum atomic E-state index is 13.7. The number of nitrogens with zero attached hydrogens (tertiary/aromatic N) is 2. The van der Waals surface area contributed by atoms with E-state index < -0.39 is 11.8 Å². The molecule has 0 bridgehead atoms. The van der Waals surface area contributed by atoms with E-state index in [1.165, 1.54) is 30.2 Å². The molecule has 2 rings (SSSR count). The SMILES string of the molecule is COC(=O)CCC(=O)N1CCN(C(=O)c2ccccc2F)CC1. The number of esters is 1. The van der Waals surface area contributed by atoms with Crippen LogP contribution in [0.5, 0.6) is 0 Å². The van der Waals surface area contributed by atoms with Gasteiger partial charge < -0.3 is 14.5 Å². The summed E-state index contributed by atoms with van der Waals surface area (Å²) < 4.78 is 18.2. The van der Waals surface area contributed by atoms with Crippen LogP contribution >= 0.6 is 0 Å². The van der Waals surface area contributed by atoms with Crippen molar-refractivity contribution in [2.75, 3.05) is 33.3 Å². The number of amides is 2. The zero-order valence-electron chi connectivity index (χ0n) is 13.0. The highest BCUT2D eigenvalue weighted by Crippen LogP contribution is 2.13. The summed E-state index contributed by atoms with van der Waals surface area (Å²) >= 11 is 0. The Hall–Kier alpha value is -2.44. The second-order valence-corrected chi connectivity index (χ2v) is 5.23. The summed E-state index contributed by atoms with van der Waals surface area (Å²) in [5, 5.41) is 0. The third-order valence-corrected chi connectivity index (χ3v) is 3.79. The van der Waals surface area contributed by atoms with E-state index >= 15 is 0 Å². The van der Waals surface area contributed by atoms with Crippen molar-refractivity contribution in [3.63, 3.8) is 0 Å². The van der Waals surface area contributed by atoms with Crippen LogP contribution in [-0.4, -0.2) is 60.9 Å². The molecule has 0 unspecified atom stereocenters. The Morgan fingerprint density at radius 1 is 1.04 bits per heavy atom. The Balaban J connectivity index is 1.86. The Labute approximate surface area is 133 Å². The van der Waals surface area contributed by atoms with Crippen LogP contribution in [0.4, 0.5) is 4.39 Å². The quantitative estimate of drug-likeness (QED) is 0.778. The van der Waals surface area contributed by atoms with Gasteiger partial charge in [-0.05, 0) is 12.1 Å². The van der Waals surface area contributed by atoms with Gasteiger partial charge in [0.15, 0.2) is 0 Å². The van der Waals surface area contributed by atoms with Crippen LogP contribution in [-0.2, 0) is 14.3 Å². The van der Waals surface area contributed by atoms with Crippen LogP contribution in [0.25, 0.3) is 0 Å². The lowest BCUT2D eigenvalue weighted by Gasteiger charge is -2.34. The minimum Gasteiger partial charge on any atom is -0.469 e. The van der Waals surface area contributed by atoms with E-state index in [1.807, 2.05) is 0 Å². The largest absolute Gasteiger partial charge is 0.469 e. The Morgan fingerprint density at radius 3 is 2.26 bits per heavy atom. The number of hydrogen-bond donors (Lipinski definition) is 0. The van der Waals surface area contributed by atoms with Gasteiger partial charge in [-0.15, -0.1) is 0 Å². The number of piperazine rings is 1. The standard InChI is InChI=1S/C16H19FN2O4/c1-23-15(21)7-6-14(20)18-8-10-19(11-9-18)16(22)12-4-2-3-5-13(12)17/h2-5H,6-11H2,1H3. The lowest BCUT2D eigenvalue weighted by Crippen LogP contribution is -2.50. The second kappa shape index (κ2) is 7.71. The zero-order valence-corrected chi connectivity index (χ0v) is 13.0. The van der Waals surface area contributed by atoms with E-state index in [9.17, 15) is 18.8 Å². The monoisotopic (exact) mass is 322 g/mol. The first-order valence-electron chi connectivity index (χ1n) is 7.41. The maximum Gasteiger partial charge on any atom is 0.306 e. The minimum absolute atomic E-state index is 0.0398. The van der Waals surface area contributed by atoms with E-state index in [-0.39, 0.29) is 30.2 Å². The van der Waals surface area contributed by atoms with E-state index in [4.69, 9.17) is 0 Å². The fourth-order valence-corrected chi connectivity index (χ4v) is 2.43. The van der Waals surface area contributed by atoms with Crippen molar-refractivity contribution in [1.29, 1.82) is 0 Å². The van der Waals surface area contributed by atoms with Crippen molar-refractivity contribution in [3.05, 3.63) is 35.6 Å². The number of halogens is 1. The fourth-order valence-electron chi connectivity index (χ4n) is 2.43. The second-order valence-electron chi connectivity index (χ2n) is 5.23. The predicted molar refractivity (Wildman–Crippen MR) is 80.1 cm³/mol. The molecule has 1 aromatic carbocycles. The molecule has 7 heteroatoms. The molecule has 1 heterocycles. The van der Waals surface area contributed by atoms with Crippen LogP contribution in [0.3, 0.4) is 0 Å². The molecule has 0 radical (unpaired) electrons. The smallest absolute Gasteiger partial charge is 0.306 e. The highest BCUT2D eigenvalue weighted by molar-refractivity contribution is 5.94. The third-order valence-electron chi connectivity index (χ3n) is 3.79. The molecule has 2 amide bonds. The molecule has 124 valence electrons. The molecule has 0 N–H and O–H groups in total. The molecule has 0 spiro atoms. The molecule has 0 atom stereocenters. The first kappa shape index (κ1) is 16.9. The van der Waals surface area contributed by atoms with E-state index in [2.05, 4.69) is 4.74 Å². The van der Waals surface area contributed by atoms with Gasteiger partial charge >= 0.3 is 5.97 Å². The fraction of sp³-hybridized carbons (Fsp3) is 0.438. The van der Waals surface area contributed by atoms with Gasteiger partial charge in [0, 0.05) is 32.6 Å². The van der Waals surface area contributed by atoms with Crippen molar-refractivity contribution in [2.45, 2.75) is 12.8 Å². The Bertz CT molecular complexity index is 597. The normalized spacial score (nSPS) is 14.5. The summed E-state index contributed by atoms with van der Waals surface area (Å²) in [6.07, 6.45) is 0.137. The van der Waals surface area contributed by atoms with Crippen LogP contribution in [0.15, 0.2) is 24.3 Å². The molecule has 1 aromatic rings. The number of hydrogen-bond acceptors (Lipinski definition) is 4. The highest BCUT2D eigenvalue weighted by Gasteiger charge is 2.26. The van der Waals surface area contributed by atoms with Gasteiger partial charge in [-0.1, -0.05) is 12.1 Å². The first-order valence-corrected chi connectivity index (χ1v) is 7.41. The molecular formula is C16H19FN2O4. The Morgan fingerprint density at radius 2 is 1.65 bits per heavy atom. The highest BCUT2D eigenvalue weighted by atomic mass is 19.1. The topological polar surface area (TPSA) is 66.9 Å². The molecule has 23 heavy (non-hydrogen) atoms. The number of benzene rings is 1. The van der Waals surface area contributed by atoms with E-state index in [0.29, 0.717) is 26.2 Å². The summed E-state index contributed by atoms with van der Waals surface area (Å²) in [7, 11) is 1.28. The number of methoxy groups -OCH3 is 1. The Kier molecular flexibility index (Phi) is 5.67. The average Bonchev–Trinajstić information content (AvgIpc) is 2.59. The first-order chi connectivity index (χ1) is 11.0. The van der Waals surface area contributed by atoms with Gasteiger partial charge in [0.2, 0.25) is 5.91 Å². The molecule has 1 aliphatic heterocycles. The average molecular weight is 322 g/mol. The lowest BCUT2D eigenvalue weighted by molar-refractivity contribution is -0.143.